The molecule has 1 aromatic carbocycles. The highest BCUT2D eigenvalue weighted by Crippen LogP contribution is 2.17. The number of benzene rings is 1. The van der Waals surface area contributed by atoms with Gasteiger partial charge in [-0.2, -0.15) is 0 Å². The number of hydrogen-bond acceptors (Lipinski definition) is 2. The van der Waals surface area contributed by atoms with Gasteiger partial charge in [-0.15, -0.1) is 0 Å². The van der Waals surface area contributed by atoms with E-state index in [1.807, 2.05) is 24.3 Å². The van der Waals surface area contributed by atoms with E-state index in [-0.39, 0.29) is 11.8 Å². The molecule has 0 aliphatic rings. The van der Waals surface area contributed by atoms with Gasteiger partial charge in [0.1, 0.15) is 0 Å². The van der Waals surface area contributed by atoms with Crippen LogP contribution in [-0.4, -0.2) is 11.8 Å². The van der Waals surface area contributed by atoms with E-state index < -0.39 is 0 Å². The number of carbonyl (C=O) groups excluding carboxylic acids is 2. The smallest absolute Gasteiger partial charge is 0.224 e. The van der Waals surface area contributed by atoms with Crippen molar-refractivity contribution in [1.29, 1.82) is 0 Å². The molecule has 2 amide bonds. The summed E-state index contributed by atoms with van der Waals surface area (Å²) < 4.78 is 0. The normalized spacial score (nSPS) is 11.1. The van der Waals surface area contributed by atoms with Crippen LogP contribution in [0.4, 0.5) is 11.4 Å². The van der Waals surface area contributed by atoms with Crippen molar-refractivity contribution in [3.8, 4) is 0 Å². The molecule has 2 N–H and O–H groups in total. The van der Waals surface area contributed by atoms with E-state index in [9.17, 15) is 9.59 Å². The molecule has 0 heterocycles. The SMILES string of the molecule is CCCCCCCCCCCCCCCCC(=O)Nc1ccc(NC(=O)CCCCCCCCCCCCCCCC)cc1. The lowest BCUT2D eigenvalue weighted by Gasteiger charge is -2.08. The van der Waals surface area contributed by atoms with E-state index in [2.05, 4.69) is 24.5 Å². The van der Waals surface area contributed by atoms with Crippen molar-refractivity contribution in [1.82, 2.24) is 0 Å². The minimum absolute atomic E-state index is 0.0820. The third-order valence-electron chi connectivity index (χ3n) is 8.97. The van der Waals surface area contributed by atoms with Gasteiger partial charge in [0.2, 0.25) is 11.8 Å². The topological polar surface area (TPSA) is 58.2 Å². The molecule has 254 valence electrons. The maximum Gasteiger partial charge on any atom is 0.224 e. The van der Waals surface area contributed by atoms with Gasteiger partial charge in [0, 0.05) is 24.2 Å². The maximum absolute atomic E-state index is 12.3. The quantitative estimate of drug-likeness (QED) is 0.0795. The highest BCUT2D eigenvalue weighted by atomic mass is 16.2. The third kappa shape index (κ3) is 26.6. The molecule has 0 spiro atoms. The molecule has 0 unspecified atom stereocenters. The van der Waals surface area contributed by atoms with E-state index in [1.54, 1.807) is 0 Å². The van der Waals surface area contributed by atoms with Crippen molar-refractivity contribution >= 4 is 23.2 Å². The maximum atomic E-state index is 12.3. The lowest BCUT2D eigenvalue weighted by Crippen LogP contribution is -2.12. The standard InChI is InChI=1S/C40H72N2O2/c1-3-5-7-9-11-13-15-17-19-21-23-25-27-29-31-39(43)41-37-33-35-38(36-34-37)42-40(44)32-30-28-26-24-22-20-18-16-14-12-10-8-6-4-2/h33-36H,3-32H2,1-2H3,(H,41,43)(H,42,44). The molecule has 44 heavy (non-hydrogen) atoms. The first-order valence-corrected chi connectivity index (χ1v) is 19.4. The average molecular weight is 613 g/mol. The van der Waals surface area contributed by atoms with E-state index in [0.29, 0.717) is 12.8 Å². The first-order valence-electron chi connectivity index (χ1n) is 19.4. The average Bonchev–Trinajstić information content (AvgIpc) is 3.02. The highest BCUT2D eigenvalue weighted by molar-refractivity contribution is 5.92. The van der Waals surface area contributed by atoms with Crippen LogP contribution in [0.15, 0.2) is 24.3 Å². The molecule has 0 saturated carbocycles. The van der Waals surface area contributed by atoms with E-state index >= 15 is 0 Å². The Morgan fingerprint density at radius 1 is 0.364 bits per heavy atom. The summed E-state index contributed by atoms with van der Waals surface area (Å²) in [7, 11) is 0. The minimum atomic E-state index is 0.0820. The fraction of sp³-hybridized carbons (Fsp3) is 0.800. The molecule has 0 fully saturated rings. The Morgan fingerprint density at radius 2 is 0.568 bits per heavy atom. The van der Waals surface area contributed by atoms with Crippen LogP contribution in [0.3, 0.4) is 0 Å². The molecule has 0 radical (unpaired) electrons. The zero-order chi connectivity index (χ0) is 31.8. The van der Waals surface area contributed by atoms with Gasteiger partial charge in [-0.3, -0.25) is 9.59 Å². The van der Waals surface area contributed by atoms with Crippen LogP contribution in [0.2, 0.25) is 0 Å². The van der Waals surface area contributed by atoms with Gasteiger partial charge < -0.3 is 10.6 Å². The summed E-state index contributed by atoms with van der Waals surface area (Å²) in [6.45, 7) is 4.55. The molecule has 0 saturated heterocycles. The molecule has 0 aliphatic carbocycles. The second-order valence-electron chi connectivity index (χ2n) is 13.4. The molecule has 4 nitrogen and oxygen atoms in total. The first-order chi connectivity index (χ1) is 21.7. The number of nitrogens with one attached hydrogen (secondary N) is 2. The summed E-state index contributed by atoms with van der Waals surface area (Å²) in [6, 6.07) is 7.52. The Labute approximate surface area is 273 Å². The molecule has 0 aromatic heterocycles. The molecule has 0 aliphatic heterocycles. The van der Waals surface area contributed by atoms with Crippen molar-refractivity contribution < 1.29 is 9.59 Å². The first kappa shape index (κ1) is 40.2. The molecule has 1 rings (SSSR count). The molecule has 1 aromatic rings. The summed E-state index contributed by atoms with van der Waals surface area (Å²) in [5.74, 6) is 0.164. The van der Waals surface area contributed by atoms with Crippen molar-refractivity contribution in [3.63, 3.8) is 0 Å². The minimum Gasteiger partial charge on any atom is -0.326 e. The molecular weight excluding hydrogens is 540 g/mol. The zero-order valence-electron chi connectivity index (χ0n) is 29.3. The number of carbonyl (C=O) groups is 2. The second-order valence-corrected chi connectivity index (χ2v) is 13.4. The van der Waals surface area contributed by atoms with E-state index in [1.165, 1.54) is 154 Å². The van der Waals surface area contributed by atoms with Gasteiger partial charge in [0.25, 0.3) is 0 Å². The summed E-state index contributed by atoms with van der Waals surface area (Å²) in [4.78, 5) is 24.6. The summed E-state index contributed by atoms with van der Waals surface area (Å²) in [6.07, 6.45) is 38.2. The van der Waals surface area contributed by atoms with Crippen molar-refractivity contribution in [2.24, 2.45) is 0 Å². The number of amides is 2. The Hall–Kier alpha value is -1.84. The Kier molecular flexibility index (Phi) is 28.5. The predicted molar refractivity (Wildman–Crippen MR) is 194 cm³/mol. The van der Waals surface area contributed by atoms with Gasteiger partial charge in [0.15, 0.2) is 0 Å². The van der Waals surface area contributed by atoms with Crippen LogP contribution in [0.5, 0.6) is 0 Å². The van der Waals surface area contributed by atoms with Crippen LogP contribution in [0.1, 0.15) is 206 Å². The van der Waals surface area contributed by atoms with Gasteiger partial charge in [-0.05, 0) is 37.1 Å². The lowest BCUT2D eigenvalue weighted by atomic mass is 10.0. The van der Waals surface area contributed by atoms with Crippen molar-refractivity contribution in [2.75, 3.05) is 10.6 Å². The Balaban J connectivity index is 1.94. The largest absolute Gasteiger partial charge is 0.326 e. The molecule has 0 bridgehead atoms. The van der Waals surface area contributed by atoms with Crippen LogP contribution in [0, 0.1) is 0 Å². The van der Waals surface area contributed by atoms with E-state index in [4.69, 9.17) is 0 Å². The van der Waals surface area contributed by atoms with Gasteiger partial charge in [-0.25, -0.2) is 0 Å². The monoisotopic (exact) mass is 613 g/mol. The summed E-state index contributed by atoms with van der Waals surface area (Å²) in [5, 5.41) is 6.00. The van der Waals surface area contributed by atoms with Gasteiger partial charge in [0.05, 0.1) is 0 Å². The zero-order valence-corrected chi connectivity index (χ0v) is 29.3. The molecular formula is C40H72N2O2. The van der Waals surface area contributed by atoms with Crippen LogP contribution < -0.4 is 10.6 Å². The third-order valence-corrected chi connectivity index (χ3v) is 8.97. The fourth-order valence-electron chi connectivity index (χ4n) is 6.04. The van der Waals surface area contributed by atoms with Gasteiger partial charge >= 0.3 is 0 Å². The highest BCUT2D eigenvalue weighted by Gasteiger charge is 2.05. The van der Waals surface area contributed by atoms with Crippen LogP contribution in [-0.2, 0) is 9.59 Å². The number of unbranched alkanes of at least 4 members (excludes halogenated alkanes) is 26. The Bertz CT molecular complexity index is 711. The van der Waals surface area contributed by atoms with Crippen molar-refractivity contribution in [3.05, 3.63) is 24.3 Å². The van der Waals surface area contributed by atoms with Crippen LogP contribution >= 0.6 is 0 Å². The lowest BCUT2D eigenvalue weighted by molar-refractivity contribution is -0.117. The number of rotatable bonds is 32. The van der Waals surface area contributed by atoms with Crippen LogP contribution in [0.25, 0.3) is 0 Å². The number of anilines is 2. The number of hydrogen-bond donors (Lipinski definition) is 2. The fourth-order valence-corrected chi connectivity index (χ4v) is 6.04. The molecule has 4 heteroatoms. The van der Waals surface area contributed by atoms with Gasteiger partial charge in [-0.1, -0.05) is 181 Å². The summed E-state index contributed by atoms with van der Waals surface area (Å²) >= 11 is 0. The Morgan fingerprint density at radius 3 is 0.795 bits per heavy atom. The predicted octanol–water partition coefficient (Wildman–Crippen LogP) is 13.3. The molecule has 0 atom stereocenters. The second kappa shape index (κ2) is 31.2. The van der Waals surface area contributed by atoms with E-state index in [0.717, 1.165) is 37.1 Å². The van der Waals surface area contributed by atoms with Crippen molar-refractivity contribution in [2.45, 2.75) is 206 Å². The summed E-state index contributed by atoms with van der Waals surface area (Å²) in [5.41, 5.74) is 1.59.